The third-order valence-electron chi connectivity index (χ3n) is 5.58. The average molecular weight is 335 g/mol. The SMILES string of the molecule is CCN1c2ccc(C=Nc3ccc(C)c(C)c3)cc2C(C)CC1(C)C. The first kappa shape index (κ1) is 17.7. The lowest BCUT2D eigenvalue weighted by atomic mass is 9.79. The van der Waals surface area contributed by atoms with Crippen molar-refractivity contribution >= 4 is 17.6 Å². The van der Waals surface area contributed by atoms with E-state index >= 15 is 0 Å². The molecule has 25 heavy (non-hydrogen) atoms. The fourth-order valence-corrected chi connectivity index (χ4v) is 4.14. The van der Waals surface area contributed by atoms with E-state index in [-0.39, 0.29) is 5.54 Å². The van der Waals surface area contributed by atoms with Crippen LogP contribution in [0.25, 0.3) is 0 Å². The Balaban J connectivity index is 1.92. The van der Waals surface area contributed by atoms with Crippen LogP contribution in [-0.2, 0) is 0 Å². The van der Waals surface area contributed by atoms with Crippen LogP contribution >= 0.6 is 0 Å². The molecule has 2 aromatic carbocycles. The van der Waals surface area contributed by atoms with Gasteiger partial charge >= 0.3 is 0 Å². The number of nitrogens with zero attached hydrogens (tertiary/aromatic N) is 2. The number of benzene rings is 2. The average Bonchev–Trinajstić information content (AvgIpc) is 2.56. The number of hydrogen-bond acceptors (Lipinski definition) is 2. The smallest absolute Gasteiger partial charge is 0.0632 e. The van der Waals surface area contributed by atoms with Crippen molar-refractivity contribution in [1.29, 1.82) is 0 Å². The van der Waals surface area contributed by atoms with Gasteiger partial charge in [0.15, 0.2) is 0 Å². The van der Waals surface area contributed by atoms with Crippen molar-refractivity contribution in [3.63, 3.8) is 0 Å². The molecule has 0 aromatic heterocycles. The van der Waals surface area contributed by atoms with Crippen molar-refractivity contribution in [1.82, 2.24) is 0 Å². The van der Waals surface area contributed by atoms with Gasteiger partial charge in [-0.15, -0.1) is 0 Å². The Morgan fingerprint density at radius 3 is 2.56 bits per heavy atom. The lowest BCUT2D eigenvalue weighted by Crippen LogP contribution is -2.48. The Morgan fingerprint density at radius 1 is 1.12 bits per heavy atom. The van der Waals surface area contributed by atoms with E-state index in [9.17, 15) is 0 Å². The van der Waals surface area contributed by atoms with Gasteiger partial charge in [0.25, 0.3) is 0 Å². The second-order valence-corrected chi connectivity index (χ2v) is 8.01. The van der Waals surface area contributed by atoms with E-state index in [1.807, 2.05) is 6.21 Å². The van der Waals surface area contributed by atoms with Crippen LogP contribution in [-0.4, -0.2) is 18.3 Å². The van der Waals surface area contributed by atoms with Crippen LogP contribution in [0.4, 0.5) is 11.4 Å². The molecule has 0 aliphatic carbocycles. The molecule has 0 saturated carbocycles. The fourth-order valence-electron chi connectivity index (χ4n) is 4.14. The molecule has 0 saturated heterocycles. The minimum Gasteiger partial charge on any atom is -0.366 e. The molecule has 2 nitrogen and oxygen atoms in total. The van der Waals surface area contributed by atoms with Gasteiger partial charge in [-0.05, 0) is 93.5 Å². The van der Waals surface area contributed by atoms with Crippen LogP contribution < -0.4 is 4.90 Å². The summed E-state index contributed by atoms with van der Waals surface area (Å²) >= 11 is 0. The second-order valence-electron chi connectivity index (χ2n) is 8.01. The van der Waals surface area contributed by atoms with Crippen LogP contribution in [0.3, 0.4) is 0 Å². The van der Waals surface area contributed by atoms with E-state index < -0.39 is 0 Å². The van der Waals surface area contributed by atoms with Gasteiger partial charge < -0.3 is 4.90 Å². The Morgan fingerprint density at radius 2 is 1.88 bits per heavy atom. The highest BCUT2D eigenvalue weighted by Gasteiger charge is 2.35. The molecule has 0 spiro atoms. The van der Waals surface area contributed by atoms with E-state index in [4.69, 9.17) is 0 Å². The fraction of sp³-hybridized carbons (Fsp3) is 0.435. The highest BCUT2D eigenvalue weighted by molar-refractivity contribution is 5.84. The Kier molecular flexibility index (Phi) is 4.73. The monoisotopic (exact) mass is 334 g/mol. The quantitative estimate of drug-likeness (QED) is 0.613. The highest BCUT2D eigenvalue weighted by Crippen LogP contribution is 2.43. The van der Waals surface area contributed by atoms with Gasteiger partial charge in [0.05, 0.1) is 5.69 Å². The van der Waals surface area contributed by atoms with E-state index in [2.05, 4.69) is 87.8 Å². The van der Waals surface area contributed by atoms with Gasteiger partial charge in [-0.25, -0.2) is 0 Å². The van der Waals surface area contributed by atoms with Crippen LogP contribution in [0, 0.1) is 13.8 Å². The van der Waals surface area contributed by atoms with Crippen molar-refractivity contribution in [2.45, 2.75) is 59.4 Å². The largest absolute Gasteiger partial charge is 0.366 e. The summed E-state index contributed by atoms with van der Waals surface area (Å²) < 4.78 is 0. The molecule has 132 valence electrons. The first-order valence-electron chi connectivity index (χ1n) is 9.34. The van der Waals surface area contributed by atoms with Crippen LogP contribution in [0.1, 0.15) is 62.3 Å². The van der Waals surface area contributed by atoms with E-state index in [1.165, 1.54) is 34.4 Å². The molecule has 1 aliphatic heterocycles. The Bertz CT molecular complexity index is 802. The number of anilines is 1. The van der Waals surface area contributed by atoms with Crippen LogP contribution in [0.15, 0.2) is 41.4 Å². The Labute approximate surface area is 152 Å². The molecular weight excluding hydrogens is 304 g/mol. The normalized spacial score (nSPS) is 19.3. The Hall–Kier alpha value is -2.09. The van der Waals surface area contributed by atoms with Crippen LogP contribution in [0.5, 0.6) is 0 Å². The van der Waals surface area contributed by atoms with Crippen molar-refractivity contribution in [3.05, 3.63) is 58.7 Å². The zero-order chi connectivity index (χ0) is 18.2. The number of aryl methyl sites for hydroxylation is 2. The first-order chi connectivity index (χ1) is 11.8. The van der Waals surface area contributed by atoms with Crippen molar-refractivity contribution in [3.8, 4) is 0 Å². The molecule has 0 amide bonds. The summed E-state index contributed by atoms with van der Waals surface area (Å²) in [7, 11) is 0. The minimum absolute atomic E-state index is 0.218. The molecule has 0 fully saturated rings. The van der Waals surface area contributed by atoms with E-state index in [0.29, 0.717) is 5.92 Å². The van der Waals surface area contributed by atoms with Gasteiger partial charge in [-0.3, -0.25) is 4.99 Å². The summed E-state index contributed by atoms with van der Waals surface area (Å²) in [5, 5.41) is 0. The van der Waals surface area contributed by atoms with E-state index in [0.717, 1.165) is 12.2 Å². The zero-order valence-corrected chi connectivity index (χ0v) is 16.4. The summed E-state index contributed by atoms with van der Waals surface area (Å²) in [5.74, 6) is 0.572. The summed E-state index contributed by atoms with van der Waals surface area (Å²) in [6.45, 7) is 14.6. The van der Waals surface area contributed by atoms with Gasteiger partial charge in [-0.1, -0.05) is 19.1 Å². The van der Waals surface area contributed by atoms with Crippen LogP contribution in [0.2, 0.25) is 0 Å². The van der Waals surface area contributed by atoms with Crippen molar-refractivity contribution in [2.24, 2.45) is 4.99 Å². The van der Waals surface area contributed by atoms with Gasteiger partial charge in [0.2, 0.25) is 0 Å². The molecule has 2 aromatic rings. The molecule has 0 radical (unpaired) electrons. The van der Waals surface area contributed by atoms with Gasteiger partial charge in [0, 0.05) is 24.0 Å². The number of rotatable bonds is 3. The molecule has 0 N–H and O–H groups in total. The summed E-state index contributed by atoms with van der Waals surface area (Å²) in [5.41, 5.74) is 7.85. The standard InChI is InChI=1S/C23H30N2/c1-7-25-22-11-9-19(13-21(22)18(4)14-23(25,5)6)15-24-20-10-8-16(2)17(3)12-20/h8-13,15,18H,7,14H2,1-6H3. The molecule has 1 aliphatic rings. The number of aliphatic imine (C=N–C) groups is 1. The predicted molar refractivity (Wildman–Crippen MR) is 110 cm³/mol. The lowest BCUT2D eigenvalue weighted by molar-refractivity contribution is 0.381. The summed E-state index contributed by atoms with van der Waals surface area (Å²) in [6.07, 6.45) is 3.18. The summed E-state index contributed by atoms with van der Waals surface area (Å²) in [4.78, 5) is 7.22. The third-order valence-corrected chi connectivity index (χ3v) is 5.58. The number of fused-ring (bicyclic) bond motifs is 1. The highest BCUT2D eigenvalue weighted by atomic mass is 15.2. The molecule has 3 rings (SSSR count). The van der Waals surface area contributed by atoms with Crippen molar-refractivity contribution < 1.29 is 0 Å². The maximum Gasteiger partial charge on any atom is 0.0632 e. The molecule has 2 heteroatoms. The molecule has 1 heterocycles. The number of hydrogen-bond donors (Lipinski definition) is 0. The van der Waals surface area contributed by atoms with Gasteiger partial charge in [0.1, 0.15) is 0 Å². The topological polar surface area (TPSA) is 15.6 Å². The maximum absolute atomic E-state index is 4.68. The third kappa shape index (κ3) is 3.49. The summed E-state index contributed by atoms with van der Waals surface area (Å²) in [6, 6.07) is 13.2. The zero-order valence-electron chi connectivity index (χ0n) is 16.4. The first-order valence-corrected chi connectivity index (χ1v) is 9.34. The van der Waals surface area contributed by atoms with Crippen molar-refractivity contribution in [2.75, 3.05) is 11.4 Å². The lowest BCUT2D eigenvalue weighted by Gasteiger charge is -2.47. The molecule has 1 atom stereocenters. The molecule has 0 bridgehead atoms. The maximum atomic E-state index is 4.68. The van der Waals surface area contributed by atoms with Gasteiger partial charge in [-0.2, -0.15) is 0 Å². The molecule has 1 unspecified atom stereocenters. The second kappa shape index (κ2) is 6.67. The molecular formula is C23H30N2. The minimum atomic E-state index is 0.218. The van der Waals surface area contributed by atoms with E-state index in [1.54, 1.807) is 0 Å². The predicted octanol–water partition coefficient (Wildman–Crippen LogP) is 6.17.